The number of nitriles is 2. The molecule has 0 bridgehead atoms. The lowest BCUT2D eigenvalue weighted by Crippen LogP contribution is -1.98. The van der Waals surface area contributed by atoms with Gasteiger partial charge in [0.2, 0.25) is 17.5 Å². The molecule has 1 aromatic carbocycles. The molecule has 0 radical (unpaired) electrons. The first-order valence-electron chi connectivity index (χ1n) is 6.89. The number of hydrazone groups is 1. The molecule has 1 N–H and O–H groups in total. The zero-order valence-corrected chi connectivity index (χ0v) is 12.5. The number of hydrogen-bond acceptors (Lipinski definition) is 8. The van der Waals surface area contributed by atoms with Gasteiger partial charge in [0.25, 0.3) is 0 Å². The van der Waals surface area contributed by atoms with Crippen molar-refractivity contribution in [1.82, 2.24) is 15.2 Å². The Kier molecular flexibility index (Phi) is 4.40. The number of nitrogens with zero attached hydrogens (tertiary/aromatic N) is 6. The van der Waals surface area contributed by atoms with E-state index in [-0.39, 0.29) is 23.1 Å². The maximum Gasteiger partial charge on any atom is 0.250 e. The third kappa shape index (κ3) is 3.46. The van der Waals surface area contributed by atoms with Crippen molar-refractivity contribution in [3.63, 3.8) is 0 Å². The summed E-state index contributed by atoms with van der Waals surface area (Å²) in [6, 6.07) is 10.4. The minimum atomic E-state index is -0.519. The number of benzene rings is 1. The molecule has 0 spiro atoms. The highest BCUT2D eigenvalue weighted by Gasteiger charge is 2.15. The molecule has 0 saturated carbocycles. The average Bonchev–Trinajstić information content (AvgIpc) is 3.14. The van der Waals surface area contributed by atoms with E-state index in [0.29, 0.717) is 11.3 Å². The van der Waals surface area contributed by atoms with E-state index in [1.165, 1.54) is 18.2 Å². The third-order valence-corrected chi connectivity index (χ3v) is 3.06. The molecule has 25 heavy (non-hydrogen) atoms. The van der Waals surface area contributed by atoms with E-state index in [1.54, 1.807) is 36.7 Å². The van der Waals surface area contributed by atoms with Crippen molar-refractivity contribution in [3.8, 4) is 35.0 Å². The monoisotopic (exact) mass is 333 g/mol. The summed E-state index contributed by atoms with van der Waals surface area (Å²) in [4.78, 5) is 3.90. The second-order valence-corrected chi connectivity index (χ2v) is 4.63. The molecule has 0 fully saturated rings. The summed E-state index contributed by atoms with van der Waals surface area (Å²) in [5, 5.41) is 28.9. The van der Waals surface area contributed by atoms with Crippen molar-refractivity contribution in [3.05, 3.63) is 48.5 Å². The molecule has 9 heteroatoms. The molecule has 2 heterocycles. The van der Waals surface area contributed by atoms with Crippen molar-refractivity contribution < 1.29 is 8.81 Å². The molecule has 0 atom stereocenters. The van der Waals surface area contributed by atoms with Gasteiger partial charge in [-0.1, -0.05) is 0 Å². The van der Waals surface area contributed by atoms with Gasteiger partial charge in [0.1, 0.15) is 18.0 Å². The van der Waals surface area contributed by atoms with E-state index < -0.39 is 5.82 Å². The van der Waals surface area contributed by atoms with Gasteiger partial charge in [-0.2, -0.15) is 15.6 Å². The van der Waals surface area contributed by atoms with E-state index in [9.17, 15) is 4.39 Å². The fraction of sp³-hybridized carbons (Fsp3) is 0. The summed E-state index contributed by atoms with van der Waals surface area (Å²) < 4.78 is 19.2. The van der Waals surface area contributed by atoms with Gasteiger partial charge in [-0.15, -0.1) is 10.2 Å². The van der Waals surface area contributed by atoms with Gasteiger partial charge in [0.05, 0.1) is 11.3 Å². The van der Waals surface area contributed by atoms with Crippen LogP contribution in [0.5, 0.6) is 0 Å². The Morgan fingerprint density at radius 2 is 1.80 bits per heavy atom. The maximum absolute atomic E-state index is 13.6. The van der Waals surface area contributed by atoms with Gasteiger partial charge in [-0.3, -0.25) is 10.4 Å². The summed E-state index contributed by atoms with van der Waals surface area (Å²) in [6.07, 6.45) is 3.16. The van der Waals surface area contributed by atoms with Crippen LogP contribution in [0.25, 0.3) is 22.9 Å². The van der Waals surface area contributed by atoms with Crippen molar-refractivity contribution in [1.29, 1.82) is 10.5 Å². The third-order valence-electron chi connectivity index (χ3n) is 3.06. The fourth-order valence-electron chi connectivity index (χ4n) is 1.93. The molecule has 8 nitrogen and oxygen atoms in total. The fourth-order valence-corrected chi connectivity index (χ4v) is 1.93. The van der Waals surface area contributed by atoms with E-state index in [1.807, 2.05) is 0 Å². The quantitative estimate of drug-likeness (QED) is 0.575. The van der Waals surface area contributed by atoms with Gasteiger partial charge in [-0.05, 0) is 30.3 Å². The predicted octanol–water partition coefficient (Wildman–Crippen LogP) is 2.75. The number of halogens is 1. The smallest absolute Gasteiger partial charge is 0.250 e. The van der Waals surface area contributed by atoms with E-state index in [0.717, 1.165) is 0 Å². The van der Waals surface area contributed by atoms with Gasteiger partial charge in [0.15, 0.2) is 0 Å². The number of pyridine rings is 1. The molecule has 0 aliphatic carbocycles. The van der Waals surface area contributed by atoms with Gasteiger partial charge in [-0.25, -0.2) is 4.39 Å². The van der Waals surface area contributed by atoms with Crippen molar-refractivity contribution in [2.45, 2.75) is 0 Å². The van der Waals surface area contributed by atoms with Crippen LogP contribution in [-0.4, -0.2) is 20.9 Å². The SMILES string of the molecule is N#CC(C#N)=NNc1ccc(F)cc1-c1nnc(-c2ccncc2)o1. The Bertz CT molecular complexity index is 999. The van der Waals surface area contributed by atoms with Gasteiger partial charge >= 0.3 is 0 Å². The molecule has 0 unspecified atom stereocenters. The highest BCUT2D eigenvalue weighted by Crippen LogP contribution is 2.30. The first kappa shape index (κ1) is 15.8. The lowest BCUT2D eigenvalue weighted by atomic mass is 10.2. The van der Waals surface area contributed by atoms with Crippen molar-refractivity contribution in [2.24, 2.45) is 5.10 Å². The van der Waals surface area contributed by atoms with E-state index in [4.69, 9.17) is 14.9 Å². The van der Waals surface area contributed by atoms with Crippen LogP contribution in [0, 0.1) is 28.5 Å². The Labute approximate surface area is 140 Å². The predicted molar refractivity (Wildman–Crippen MR) is 85.2 cm³/mol. The summed E-state index contributed by atoms with van der Waals surface area (Å²) in [7, 11) is 0. The second kappa shape index (κ2) is 6.98. The number of anilines is 1. The largest absolute Gasteiger partial charge is 0.416 e. The van der Waals surface area contributed by atoms with Crippen LogP contribution in [0.15, 0.2) is 52.2 Å². The Morgan fingerprint density at radius 3 is 2.52 bits per heavy atom. The van der Waals surface area contributed by atoms with Crippen LogP contribution < -0.4 is 5.43 Å². The number of nitrogens with one attached hydrogen (secondary N) is 1. The minimum Gasteiger partial charge on any atom is -0.416 e. The summed E-state index contributed by atoms with van der Waals surface area (Å²) in [5.41, 5.74) is 3.36. The molecular weight excluding hydrogens is 325 g/mol. The Morgan fingerprint density at radius 1 is 1.08 bits per heavy atom. The molecule has 3 rings (SSSR count). The van der Waals surface area contributed by atoms with Crippen LogP contribution >= 0.6 is 0 Å². The van der Waals surface area contributed by atoms with Gasteiger partial charge in [0, 0.05) is 18.0 Å². The average molecular weight is 333 g/mol. The van der Waals surface area contributed by atoms with Crippen LogP contribution in [0.3, 0.4) is 0 Å². The molecule has 0 saturated heterocycles. The van der Waals surface area contributed by atoms with Gasteiger partial charge < -0.3 is 4.42 Å². The van der Waals surface area contributed by atoms with Crippen molar-refractivity contribution in [2.75, 3.05) is 5.43 Å². The Balaban J connectivity index is 1.99. The van der Waals surface area contributed by atoms with E-state index in [2.05, 4.69) is 25.7 Å². The maximum atomic E-state index is 13.6. The van der Waals surface area contributed by atoms with Crippen molar-refractivity contribution >= 4 is 11.4 Å². The minimum absolute atomic E-state index is 0.0551. The first-order chi connectivity index (χ1) is 12.2. The van der Waals surface area contributed by atoms with Crippen LogP contribution in [0.4, 0.5) is 10.1 Å². The highest BCUT2D eigenvalue weighted by molar-refractivity contribution is 6.10. The van der Waals surface area contributed by atoms with Crippen LogP contribution in [0.1, 0.15) is 0 Å². The van der Waals surface area contributed by atoms with Crippen LogP contribution in [0.2, 0.25) is 0 Å². The lowest BCUT2D eigenvalue weighted by molar-refractivity contribution is 0.582. The Hall–Kier alpha value is -4.11. The summed E-state index contributed by atoms with van der Waals surface area (Å²) in [5.74, 6) is -0.223. The normalized spacial score (nSPS) is 9.72. The standard InChI is InChI=1S/C16H8FN7O/c17-11-1-2-14(22-21-12(8-18)9-19)13(7-11)16-24-23-15(25-16)10-3-5-20-6-4-10/h1-7,22H. The molecule has 0 aliphatic rings. The summed E-state index contributed by atoms with van der Waals surface area (Å²) in [6.45, 7) is 0. The highest BCUT2D eigenvalue weighted by atomic mass is 19.1. The number of rotatable bonds is 4. The zero-order chi connectivity index (χ0) is 17.6. The second-order valence-electron chi connectivity index (χ2n) is 4.63. The lowest BCUT2D eigenvalue weighted by Gasteiger charge is -2.05. The molecular formula is C16H8FN7O. The summed E-state index contributed by atoms with van der Waals surface area (Å²) >= 11 is 0. The zero-order valence-electron chi connectivity index (χ0n) is 12.5. The van der Waals surface area contributed by atoms with E-state index >= 15 is 0 Å². The van der Waals surface area contributed by atoms with Crippen LogP contribution in [-0.2, 0) is 0 Å². The molecule has 120 valence electrons. The molecule has 2 aromatic heterocycles. The number of hydrogen-bond donors (Lipinski definition) is 1. The topological polar surface area (TPSA) is 124 Å². The first-order valence-corrected chi connectivity index (χ1v) is 6.89. The molecule has 0 amide bonds. The number of aromatic nitrogens is 3. The molecule has 0 aliphatic heterocycles. The molecule has 3 aromatic rings.